The molecule has 0 aromatic heterocycles. The highest BCUT2D eigenvalue weighted by Gasteiger charge is 2.31. The number of sulfonamides is 1. The second-order valence-electron chi connectivity index (χ2n) is 7.84. The molecular weight excluding hydrogens is 418 g/mol. The molecule has 0 unspecified atom stereocenters. The Hall–Kier alpha value is -2.46. The summed E-state index contributed by atoms with van der Waals surface area (Å²) in [6, 6.07) is 13.8. The van der Waals surface area contributed by atoms with Crippen LogP contribution in [0, 0.1) is 6.92 Å². The molecule has 0 spiro atoms. The number of amides is 1. The zero-order chi connectivity index (χ0) is 22.4. The lowest BCUT2D eigenvalue weighted by molar-refractivity contribution is -0.906. The third-order valence-corrected chi connectivity index (χ3v) is 7.14. The summed E-state index contributed by atoms with van der Waals surface area (Å²) in [6.45, 7) is 6.11. The van der Waals surface area contributed by atoms with E-state index in [9.17, 15) is 18.3 Å². The maximum absolute atomic E-state index is 12.8. The van der Waals surface area contributed by atoms with E-state index in [0.29, 0.717) is 49.1 Å². The van der Waals surface area contributed by atoms with E-state index in [1.165, 1.54) is 11.2 Å². The summed E-state index contributed by atoms with van der Waals surface area (Å²) in [5.74, 6) is 0.469. The molecule has 8 nitrogen and oxygen atoms in total. The second kappa shape index (κ2) is 10.2. The smallest absolute Gasteiger partial charge is 0.243 e. The molecule has 1 saturated heterocycles. The molecule has 2 aromatic carbocycles. The van der Waals surface area contributed by atoms with Gasteiger partial charge in [0.2, 0.25) is 15.9 Å². The number of nitrogens with zero attached hydrogens (tertiary/aromatic N) is 1. The fourth-order valence-electron chi connectivity index (χ4n) is 3.53. The molecule has 0 bridgehead atoms. The Bertz CT molecular complexity index is 969. The number of aliphatic hydroxyl groups excluding tert-OH is 1. The van der Waals surface area contributed by atoms with E-state index in [1.807, 2.05) is 6.92 Å². The predicted molar refractivity (Wildman–Crippen MR) is 118 cm³/mol. The molecule has 0 saturated carbocycles. The fraction of sp³-hybridized carbons (Fsp3) is 0.409. The van der Waals surface area contributed by atoms with Crippen LogP contribution in [-0.2, 0) is 14.8 Å². The first-order valence-corrected chi connectivity index (χ1v) is 11.8. The number of hydrogen-bond acceptors (Lipinski definition) is 5. The van der Waals surface area contributed by atoms with Crippen LogP contribution < -0.4 is 15.0 Å². The van der Waals surface area contributed by atoms with Gasteiger partial charge in [-0.2, -0.15) is 4.31 Å². The average molecular weight is 449 g/mol. The second-order valence-corrected chi connectivity index (χ2v) is 9.78. The van der Waals surface area contributed by atoms with Crippen LogP contribution in [0.1, 0.15) is 12.5 Å². The summed E-state index contributed by atoms with van der Waals surface area (Å²) in [5, 5.41) is 13.0. The molecule has 1 aliphatic rings. The van der Waals surface area contributed by atoms with Crippen LogP contribution in [0.25, 0.3) is 0 Å². The van der Waals surface area contributed by atoms with Gasteiger partial charge in [0.1, 0.15) is 25.0 Å². The van der Waals surface area contributed by atoms with Gasteiger partial charge in [-0.3, -0.25) is 4.79 Å². The molecule has 168 valence electrons. The molecule has 3 N–H and O–H groups in total. The summed E-state index contributed by atoms with van der Waals surface area (Å²) in [4.78, 5) is 12.5. The summed E-state index contributed by atoms with van der Waals surface area (Å²) in [5.41, 5.74) is 1.70. The first kappa shape index (κ1) is 23.2. The normalized spacial score (nSPS) is 16.6. The number of quaternary nitrogens is 1. The van der Waals surface area contributed by atoms with Crippen molar-refractivity contribution in [3.63, 3.8) is 0 Å². The minimum Gasteiger partial charge on any atom is -0.491 e. The number of hydrogen-bond donors (Lipinski definition) is 3. The number of nitrogens with one attached hydrogen (secondary N) is 2. The van der Waals surface area contributed by atoms with Gasteiger partial charge in [-0.15, -0.1) is 0 Å². The van der Waals surface area contributed by atoms with Gasteiger partial charge in [0, 0.05) is 12.6 Å². The lowest BCUT2D eigenvalue weighted by atomic mass is 10.2. The predicted octanol–water partition coefficient (Wildman–Crippen LogP) is 0.283. The zero-order valence-electron chi connectivity index (χ0n) is 17.9. The molecule has 0 aliphatic carbocycles. The van der Waals surface area contributed by atoms with Crippen LogP contribution in [0.3, 0.4) is 0 Å². The zero-order valence-corrected chi connectivity index (χ0v) is 18.7. The first-order valence-electron chi connectivity index (χ1n) is 10.3. The number of anilines is 1. The fourth-order valence-corrected chi connectivity index (χ4v) is 4.97. The van der Waals surface area contributed by atoms with Gasteiger partial charge in [-0.25, -0.2) is 8.42 Å². The number of rotatable bonds is 8. The molecule has 1 fully saturated rings. The van der Waals surface area contributed by atoms with Gasteiger partial charge in [0.15, 0.2) is 0 Å². The minimum absolute atomic E-state index is 0.140. The number of piperazine rings is 1. The quantitative estimate of drug-likeness (QED) is 0.539. The van der Waals surface area contributed by atoms with Crippen molar-refractivity contribution in [2.24, 2.45) is 0 Å². The summed E-state index contributed by atoms with van der Waals surface area (Å²) in [7, 11) is -3.48. The lowest BCUT2D eigenvalue weighted by Gasteiger charge is -2.32. The summed E-state index contributed by atoms with van der Waals surface area (Å²) < 4.78 is 32.7. The van der Waals surface area contributed by atoms with Crippen LogP contribution in [-0.4, -0.2) is 69.2 Å². The molecule has 1 atom stereocenters. The molecular formula is C22H30N3O5S+. The Morgan fingerprint density at radius 2 is 1.74 bits per heavy atom. The highest BCUT2D eigenvalue weighted by molar-refractivity contribution is 7.89. The largest absolute Gasteiger partial charge is 0.491 e. The van der Waals surface area contributed by atoms with E-state index in [1.54, 1.807) is 48.5 Å². The lowest BCUT2D eigenvalue weighted by Crippen LogP contribution is -3.15. The molecule has 1 heterocycles. The van der Waals surface area contributed by atoms with E-state index in [4.69, 9.17) is 4.74 Å². The van der Waals surface area contributed by atoms with Crippen molar-refractivity contribution in [1.29, 1.82) is 0 Å². The summed E-state index contributed by atoms with van der Waals surface area (Å²) >= 11 is 0. The Morgan fingerprint density at radius 1 is 1.13 bits per heavy atom. The van der Waals surface area contributed by atoms with E-state index in [2.05, 4.69) is 5.32 Å². The van der Waals surface area contributed by atoms with Crippen molar-refractivity contribution < 1.29 is 28.0 Å². The van der Waals surface area contributed by atoms with E-state index in [0.717, 1.165) is 10.5 Å². The molecule has 3 rings (SSSR count). The molecule has 2 aromatic rings. The molecule has 1 amide bonds. The molecule has 9 heteroatoms. The number of carbonyl (C=O) groups excluding carboxylic acids is 1. The van der Waals surface area contributed by atoms with Crippen LogP contribution in [0.4, 0.5) is 5.69 Å². The summed E-state index contributed by atoms with van der Waals surface area (Å²) in [6.07, 6.45) is -0.662. The van der Waals surface area contributed by atoms with Crippen molar-refractivity contribution in [2.75, 3.05) is 44.6 Å². The molecule has 31 heavy (non-hydrogen) atoms. The van der Waals surface area contributed by atoms with Crippen molar-refractivity contribution in [2.45, 2.75) is 24.8 Å². The Kier molecular flexibility index (Phi) is 7.66. The SMILES string of the molecule is CC(=O)Nc1ccc(OC[C@@H](O)C[NH+]2CCN(S(=O)(=O)c3ccc(C)cc3)CC2)cc1. The third kappa shape index (κ3) is 6.51. The van der Waals surface area contributed by atoms with E-state index >= 15 is 0 Å². The minimum atomic E-state index is -3.48. The number of carbonyl (C=O) groups is 1. The van der Waals surface area contributed by atoms with Crippen LogP contribution in [0.15, 0.2) is 53.4 Å². The molecule has 1 aliphatic heterocycles. The Labute approximate surface area is 183 Å². The van der Waals surface area contributed by atoms with Gasteiger partial charge in [-0.1, -0.05) is 17.7 Å². The Balaban J connectivity index is 1.44. The van der Waals surface area contributed by atoms with Gasteiger partial charge in [0.25, 0.3) is 0 Å². The van der Waals surface area contributed by atoms with Crippen molar-refractivity contribution in [3.05, 3.63) is 54.1 Å². The van der Waals surface area contributed by atoms with Crippen LogP contribution in [0.2, 0.25) is 0 Å². The number of aryl methyl sites for hydroxylation is 1. The highest BCUT2D eigenvalue weighted by Crippen LogP contribution is 2.17. The van der Waals surface area contributed by atoms with Crippen LogP contribution in [0.5, 0.6) is 5.75 Å². The van der Waals surface area contributed by atoms with Gasteiger partial charge >= 0.3 is 0 Å². The highest BCUT2D eigenvalue weighted by atomic mass is 32.2. The number of ether oxygens (including phenoxy) is 1. The van der Waals surface area contributed by atoms with Crippen molar-refractivity contribution in [3.8, 4) is 5.75 Å². The van der Waals surface area contributed by atoms with E-state index < -0.39 is 16.1 Å². The van der Waals surface area contributed by atoms with Gasteiger partial charge < -0.3 is 20.1 Å². The Morgan fingerprint density at radius 3 is 2.32 bits per heavy atom. The monoisotopic (exact) mass is 448 g/mol. The number of benzene rings is 2. The van der Waals surface area contributed by atoms with Gasteiger partial charge in [0.05, 0.1) is 31.1 Å². The topological polar surface area (TPSA) is 100 Å². The molecule has 0 radical (unpaired) electrons. The number of aliphatic hydroxyl groups is 1. The van der Waals surface area contributed by atoms with Gasteiger partial charge in [-0.05, 0) is 43.3 Å². The maximum Gasteiger partial charge on any atom is 0.243 e. The maximum atomic E-state index is 12.8. The third-order valence-electron chi connectivity index (χ3n) is 5.23. The average Bonchev–Trinajstić information content (AvgIpc) is 2.73. The van der Waals surface area contributed by atoms with E-state index in [-0.39, 0.29) is 12.5 Å². The van der Waals surface area contributed by atoms with Crippen molar-refractivity contribution >= 4 is 21.6 Å². The standard InChI is InChI=1S/C22H29N3O5S/c1-17-3-9-22(10-4-17)31(28,29)25-13-11-24(12-14-25)15-20(27)16-30-21-7-5-19(6-8-21)23-18(2)26/h3-10,20,27H,11-16H2,1-2H3,(H,23,26)/p+1/t20-/m0/s1. The first-order chi connectivity index (χ1) is 14.7. The van der Waals surface area contributed by atoms with Crippen molar-refractivity contribution in [1.82, 2.24) is 4.31 Å². The van der Waals surface area contributed by atoms with Crippen LogP contribution >= 0.6 is 0 Å².